The van der Waals surface area contributed by atoms with Crippen molar-refractivity contribution in [2.45, 2.75) is 66.2 Å². The zero-order valence-corrected chi connectivity index (χ0v) is 13.8. The van der Waals surface area contributed by atoms with Crippen molar-refractivity contribution in [3.05, 3.63) is 0 Å². The summed E-state index contributed by atoms with van der Waals surface area (Å²) in [5, 5.41) is 3.64. The SMILES string of the molecule is CCNCC1(CN(CC)CC(C)C)CCCCCC1. The molecule has 1 saturated carbocycles. The normalized spacial score (nSPS) is 19.9. The quantitative estimate of drug-likeness (QED) is 0.671. The molecule has 0 aromatic heterocycles. The molecule has 0 aromatic rings. The van der Waals surface area contributed by atoms with E-state index in [0.717, 1.165) is 12.5 Å². The molecule has 114 valence electrons. The zero-order chi connectivity index (χ0) is 14.1. The van der Waals surface area contributed by atoms with E-state index in [1.54, 1.807) is 0 Å². The number of nitrogens with zero attached hydrogens (tertiary/aromatic N) is 1. The molecular weight excluding hydrogens is 232 g/mol. The molecule has 19 heavy (non-hydrogen) atoms. The van der Waals surface area contributed by atoms with E-state index in [9.17, 15) is 0 Å². The molecule has 2 heteroatoms. The van der Waals surface area contributed by atoms with E-state index in [1.807, 2.05) is 0 Å². The van der Waals surface area contributed by atoms with Gasteiger partial charge in [-0.1, -0.05) is 53.4 Å². The monoisotopic (exact) mass is 268 g/mol. The van der Waals surface area contributed by atoms with Crippen LogP contribution in [0.3, 0.4) is 0 Å². The average molecular weight is 268 g/mol. The van der Waals surface area contributed by atoms with E-state index in [0.29, 0.717) is 5.41 Å². The van der Waals surface area contributed by atoms with Gasteiger partial charge in [0.25, 0.3) is 0 Å². The second-order valence-electron chi connectivity index (χ2n) is 6.92. The van der Waals surface area contributed by atoms with Gasteiger partial charge in [-0.25, -0.2) is 0 Å². The molecule has 1 rings (SSSR count). The minimum atomic E-state index is 0.539. The minimum absolute atomic E-state index is 0.539. The highest BCUT2D eigenvalue weighted by Gasteiger charge is 2.32. The molecule has 0 heterocycles. The van der Waals surface area contributed by atoms with E-state index in [4.69, 9.17) is 0 Å². The highest BCUT2D eigenvalue weighted by Crippen LogP contribution is 2.35. The Balaban J connectivity index is 2.64. The lowest BCUT2D eigenvalue weighted by molar-refractivity contribution is 0.122. The van der Waals surface area contributed by atoms with Crippen molar-refractivity contribution in [3.63, 3.8) is 0 Å². The number of rotatable bonds is 8. The number of hydrogen-bond acceptors (Lipinski definition) is 2. The van der Waals surface area contributed by atoms with E-state index in [2.05, 4.69) is 37.9 Å². The molecule has 1 fully saturated rings. The standard InChI is InChI=1S/C17H36N2/c1-5-18-14-17(11-9-7-8-10-12-17)15-19(6-2)13-16(3)4/h16,18H,5-15H2,1-4H3. The largest absolute Gasteiger partial charge is 0.316 e. The van der Waals surface area contributed by atoms with Crippen LogP contribution in [-0.2, 0) is 0 Å². The topological polar surface area (TPSA) is 15.3 Å². The summed E-state index contributed by atoms with van der Waals surface area (Å²) in [7, 11) is 0. The summed E-state index contributed by atoms with van der Waals surface area (Å²) in [6.07, 6.45) is 8.62. The Kier molecular flexibility index (Phi) is 8.01. The molecular formula is C17H36N2. The fourth-order valence-corrected chi connectivity index (χ4v) is 3.56. The lowest BCUT2D eigenvalue weighted by atomic mass is 9.79. The summed E-state index contributed by atoms with van der Waals surface area (Å²) >= 11 is 0. The summed E-state index contributed by atoms with van der Waals surface area (Å²) in [4.78, 5) is 2.69. The molecule has 0 radical (unpaired) electrons. The summed E-state index contributed by atoms with van der Waals surface area (Å²) in [6.45, 7) is 15.3. The van der Waals surface area contributed by atoms with Crippen LogP contribution in [0.4, 0.5) is 0 Å². The van der Waals surface area contributed by atoms with Gasteiger partial charge < -0.3 is 10.2 Å². The van der Waals surface area contributed by atoms with Gasteiger partial charge in [-0.3, -0.25) is 0 Å². The van der Waals surface area contributed by atoms with Gasteiger partial charge in [0, 0.05) is 19.6 Å². The summed E-state index contributed by atoms with van der Waals surface area (Å²) in [5.74, 6) is 0.780. The van der Waals surface area contributed by atoms with Crippen LogP contribution < -0.4 is 5.32 Å². The maximum absolute atomic E-state index is 3.64. The molecule has 0 unspecified atom stereocenters. The third kappa shape index (κ3) is 6.27. The van der Waals surface area contributed by atoms with Gasteiger partial charge >= 0.3 is 0 Å². The molecule has 1 aliphatic rings. The second-order valence-corrected chi connectivity index (χ2v) is 6.92. The zero-order valence-electron chi connectivity index (χ0n) is 13.8. The molecule has 0 saturated heterocycles. The van der Waals surface area contributed by atoms with E-state index >= 15 is 0 Å². The molecule has 1 aliphatic carbocycles. The third-order valence-electron chi connectivity index (χ3n) is 4.54. The van der Waals surface area contributed by atoms with Crippen molar-refractivity contribution in [3.8, 4) is 0 Å². The first kappa shape index (κ1) is 17.0. The van der Waals surface area contributed by atoms with Crippen molar-refractivity contribution >= 4 is 0 Å². The Morgan fingerprint density at radius 2 is 1.68 bits per heavy atom. The Hall–Kier alpha value is -0.0800. The Morgan fingerprint density at radius 3 is 2.16 bits per heavy atom. The van der Waals surface area contributed by atoms with E-state index < -0.39 is 0 Å². The lowest BCUT2D eigenvalue weighted by Gasteiger charge is -2.38. The molecule has 1 N–H and O–H groups in total. The van der Waals surface area contributed by atoms with Crippen LogP contribution in [0.1, 0.15) is 66.2 Å². The van der Waals surface area contributed by atoms with E-state index in [1.165, 1.54) is 64.7 Å². The lowest BCUT2D eigenvalue weighted by Crippen LogP contribution is -2.45. The van der Waals surface area contributed by atoms with Crippen molar-refractivity contribution in [2.75, 3.05) is 32.7 Å². The third-order valence-corrected chi connectivity index (χ3v) is 4.54. The highest BCUT2D eigenvalue weighted by atomic mass is 15.1. The molecule has 0 aliphatic heterocycles. The van der Waals surface area contributed by atoms with Crippen LogP contribution in [0.2, 0.25) is 0 Å². The van der Waals surface area contributed by atoms with Gasteiger partial charge in [0.1, 0.15) is 0 Å². The molecule has 0 spiro atoms. The van der Waals surface area contributed by atoms with Gasteiger partial charge in [-0.05, 0) is 37.3 Å². The maximum atomic E-state index is 3.64. The summed E-state index contributed by atoms with van der Waals surface area (Å²) < 4.78 is 0. The molecule has 0 bridgehead atoms. The fraction of sp³-hybridized carbons (Fsp3) is 1.00. The second kappa shape index (κ2) is 8.97. The maximum Gasteiger partial charge on any atom is 0.00501 e. The van der Waals surface area contributed by atoms with Gasteiger partial charge in [0.05, 0.1) is 0 Å². The van der Waals surface area contributed by atoms with Crippen molar-refractivity contribution in [1.29, 1.82) is 0 Å². The van der Waals surface area contributed by atoms with Crippen LogP contribution in [0, 0.1) is 11.3 Å². The number of nitrogens with one attached hydrogen (secondary N) is 1. The van der Waals surface area contributed by atoms with Crippen molar-refractivity contribution < 1.29 is 0 Å². The van der Waals surface area contributed by atoms with Crippen molar-refractivity contribution in [1.82, 2.24) is 10.2 Å². The first-order valence-electron chi connectivity index (χ1n) is 8.55. The predicted octanol–water partition coefficient (Wildman–Crippen LogP) is 3.91. The number of hydrogen-bond donors (Lipinski definition) is 1. The smallest absolute Gasteiger partial charge is 0.00501 e. The first-order chi connectivity index (χ1) is 9.12. The predicted molar refractivity (Wildman–Crippen MR) is 85.6 cm³/mol. The minimum Gasteiger partial charge on any atom is -0.316 e. The highest BCUT2D eigenvalue weighted by molar-refractivity contribution is 4.87. The molecule has 0 amide bonds. The van der Waals surface area contributed by atoms with Gasteiger partial charge in [0.2, 0.25) is 0 Å². The Labute approximate surface area is 121 Å². The van der Waals surface area contributed by atoms with Crippen LogP contribution >= 0.6 is 0 Å². The Morgan fingerprint density at radius 1 is 1.05 bits per heavy atom. The average Bonchev–Trinajstić information content (AvgIpc) is 2.61. The van der Waals surface area contributed by atoms with Gasteiger partial charge in [-0.2, -0.15) is 0 Å². The van der Waals surface area contributed by atoms with Crippen molar-refractivity contribution in [2.24, 2.45) is 11.3 Å². The van der Waals surface area contributed by atoms with E-state index in [-0.39, 0.29) is 0 Å². The molecule has 2 nitrogen and oxygen atoms in total. The molecule has 0 aromatic carbocycles. The van der Waals surface area contributed by atoms with Crippen LogP contribution in [-0.4, -0.2) is 37.6 Å². The summed E-state index contributed by atoms with van der Waals surface area (Å²) in [5.41, 5.74) is 0.539. The fourth-order valence-electron chi connectivity index (χ4n) is 3.56. The van der Waals surface area contributed by atoms with Crippen LogP contribution in [0.5, 0.6) is 0 Å². The summed E-state index contributed by atoms with van der Waals surface area (Å²) in [6, 6.07) is 0. The van der Waals surface area contributed by atoms with Crippen LogP contribution in [0.25, 0.3) is 0 Å². The van der Waals surface area contributed by atoms with Gasteiger partial charge in [0.15, 0.2) is 0 Å². The van der Waals surface area contributed by atoms with Crippen LogP contribution in [0.15, 0.2) is 0 Å². The Bertz CT molecular complexity index is 217. The van der Waals surface area contributed by atoms with Gasteiger partial charge in [-0.15, -0.1) is 0 Å². The first-order valence-corrected chi connectivity index (χ1v) is 8.55. The molecule has 0 atom stereocenters.